The van der Waals surface area contributed by atoms with Crippen molar-refractivity contribution in [1.29, 1.82) is 5.41 Å². The normalized spacial score (nSPS) is 11.0. The highest BCUT2D eigenvalue weighted by Gasteiger charge is 2.18. The molecule has 0 fully saturated rings. The molecule has 4 rings (SSSR count). The van der Waals surface area contributed by atoms with E-state index in [1.165, 1.54) is 0 Å². The molecule has 0 unspecified atom stereocenters. The van der Waals surface area contributed by atoms with Gasteiger partial charge in [-0.1, -0.05) is 30.3 Å². The number of aryl methyl sites for hydroxylation is 1. The fourth-order valence-electron chi connectivity index (χ4n) is 3.50. The third-order valence-electron chi connectivity index (χ3n) is 5.11. The number of aromatic amines is 1. The number of fused-ring (bicyclic) bond motifs is 1. The van der Waals surface area contributed by atoms with Crippen LogP contribution >= 0.6 is 0 Å². The Bertz CT molecular complexity index is 1170. The number of hydrogen-bond acceptors (Lipinski definition) is 2. The van der Waals surface area contributed by atoms with Gasteiger partial charge in [-0.25, -0.2) is 0 Å². The Morgan fingerprint density at radius 2 is 1.74 bits per heavy atom. The quantitative estimate of drug-likeness (QED) is 0.304. The maximum atomic E-state index is 11.1. The molecule has 1 heterocycles. The summed E-state index contributed by atoms with van der Waals surface area (Å²) in [7, 11) is 0. The Morgan fingerprint density at radius 1 is 1.00 bits per heavy atom. The molecule has 0 aliphatic carbocycles. The molecule has 4 nitrogen and oxygen atoms in total. The highest BCUT2D eigenvalue weighted by molar-refractivity contribution is 6.00. The van der Waals surface area contributed by atoms with Crippen molar-refractivity contribution in [2.45, 2.75) is 13.8 Å². The van der Waals surface area contributed by atoms with Gasteiger partial charge in [-0.2, -0.15) is 0 Å². The molecule has 4 heteroatoms. The zero-order valence-electron chi connectivity index (χ0n) is 15.3. The first kappa shape index (κ1) is 16.9. The lowest BCUT2D eigenvalue weighted by Crippen LogP contribution is -2.10. The van der Waals surface area contributed by atoms with E-state index < -0.39 is 0 Å². The van der Waals surface area contributed by atoms with Crippen LogP contribution in [0.4, 0.5) is 0 Å². The molecule has 0 spiro atoms. The molecule has 3 aromatic carbocycles. The average Bonchev–Trinajstić information content (AvgIpc) is 3.08. The second-order valence-electron chi connectivity index (χ2n) is 6.85. The fraction of sp³-hybridized carbons (Fsp3) is 0.0870. The van der Waals surface area contributed by atoms with Crippen LogP contribution in [0.3, 0.4) is 0 Å². The lowest BCUT2D eigenvalue weighted by molar-refractivity contribution is 0.478. The van der Waals surface area contributed by atoms with Crippen LogP contribution < -0.4 is 5.73 Å². The summed E-state index contributed by atoms with van der Waals surface area (Å²) in [5, 5.41) is 19.7. The number of phenols is 1. The van der Waals surface area contributed by atoms with Crippen LogP contribution in [-0.2, 0) is 0 Å². The van der Waals surface area contributed by atoms with E-state index in [4.69, 9.17) is 11.1 Å². The highest BCUT2D eigenvalue weighted by atomic mass is 16.3. The van der Waals surface area contributed by atoms with Crippen molar-refractivity contribution >= 4 is 16.7 Å². The number of nitrogens with one attached hydrogen (secondary N) is 2. The summed E-state index contributed by atoms with van der Waals surface area (Å²) >= 11 is 0. The third kappa shape index (κ3) is 2.85. The van der Waals surface area contributed by atoms with Gasteiger partial charge in [0.15, 0.2) is 0 Å². The summed E-state index contributed by atoms with van der Waals surface area (Å²) in [5.74, 6) is 0.309. The maximum absolute atomic E-state index is 11.1. The van der Waals surface area contributed by atoms with Gasteiger partial charge in [0.05, 0.1) is 5.69 Å². The highest BCUT2D eigenvalue weighted by Crippen LogP contribution is 2.42. The van der Waals surface area contributed by atoms with Gasteiger partial charge >= 0.3 is 0 Å². The molecular weight excluding hydrogens is 334 g/mol. The van der Waals surface area contributed by atoms with Crippen molar-refractivity contribution in [3.8, 4) is 28.1 Å². The number of aromatic hydroxyl groups is 1. The molecule has 0 saturated carbocycles. The van der Waals surface area contributed by atoms with Crippen LogP contribution in [0, 0.1) is 19.3 Å². The number of hydrogen-bond donors (Lipinski definition) is 4. The van der Waals surface area contributed by atoms with E-state index in [1.807, 2.05) is 67.6 Å². The van der Waals surface area contributed by atoms with Crippen molar-refractivity contribution in [2.24, 2.45) is 5.73 Å². The standard InChI is InChI=1S/C23H21N3O/c1-13-10-18(15-6-4-3-5-7-15)22(27)21(14(13)2)20-12-17-11-16(23(24)25)8-9-19(17)26-20/h3-12,26-27H,1-2H3,(H3,24,25). The minimum absolute atomic E-state index is 0.0422. The van der Waals surface area contributed by atoms with Crippen molar-refractivity contribution < 1.29 is 5.11 Å². The van der Waals surface area contributed by atoms with Crippen molar-refractivity contribution in [1.82, 2.24) is 4.98 Å². The molecular formula is C23H21N3O. The number of nitrogens with two attached hydrogens (primary N) is 1. The topological polar surface area (TPSA) is 85.9 Å². The minimum Gasteiger partial charge on any atom is -0.507 e. The molecule has 1 aromatic heterocycles. The van der Waals surface area contributed by atoms with Crippen LogP contribution in [0.2, 0.25) is 0 Å². The first-order chi connectivity index (χ1) is 13.0. The number of benzene rings is 3. The Balaban J connectivity index is 1.95. The molecule has 0 aliphatic rings. The lowest BCUT2D eigenvalue weighted by Gasteiger charge is -2.15. The SMILES string of the molecule is Cc1cc(-c2ccccc2)c(O)c(-c2cc3cc(C(=N)N)ccc3[nH]2)c1C. The number of H-pyrrole nitrogens is 1. The number of rotatable bonds is 3. The number of nitrogen functional groups attached to an aromatic ring is 1. The van der Waals surface area contributed by atoms with E-state index in [9.17, 15) is 5.11 Å². The summed E-state index contributed by atoms with van der Waals surface area (Å²) < 4.78 is 0. The number of phenolic OH excluding ortho intramolecular Hbond substituents is 1. The maximum Gasteiger partial charge on any atom is 0.132 e. The van der Waals surface area contributed by atoms with Gasteiger partial charge in [-0.15, -0.1) is 0 Å². The Kier molecular flexibility index (Phi) is 3.96. The predicted molar refractivity (Wildman–Crippen MR) is 111 cm³/mol. The molecule has 4 aromatic rings. The molecule has 0 atom stereocenters. The summed E-state index contributed by atoms with van der Waals surface area (Å²) in [5.41, 5.74) is 12.8. The summed E-state index contributed by atoms with van der Waals surface area (Å²) in [6, 6.07) is 19.5. The van der Waals surface area contributed by atoms with Gasteiger partial charge in [0.2, 0.25) is 0 Å². The van der Waals surface area contributed by atoms with E-state index in [1.54, 1.807) is 0 Å². The Labute approximate surface area is 157 Å². The van der Waals surface area contributed by atoms with Crippen LogP contribution in [-0.4, -0.2) is 15.9 Å². The van der Waals surface area contributed by atoms with Crippen LogP contribution in [0.15, 0.2) is 60.7 Å². The van der Waals surface area contributed by atoms with Crippen molar-refractivity contribution in [3.63, 3.8) is 0 Å². The fourth-order valence-corrected chi connectivity index (χ4v) is 3.50. The molecule has 5 N–H and O–H groups in total. The van der Waals surface area contributed by atoms with Gasteiger partial charge in [0, 0.05) is 27.6 Å². The van der Waals surface area contributed by atoms with Crippen molar-refractivity contribution in [2.75, 3.05) is 0 Å². The lowest BCUT2D eigenvalue weighted by atomic mass is 9.92. The molecule has 0 radical (unpaired) electrons. The first-order valence-corrected chi connectivity index (χ1v) is 8.82. The van der Waals surface area contributed by atoms with Gasteiger partial charge in [-0.05, 0) is 60.9 Å². The molecule has 0 saturated heterocycles. The second-order valence-corrected chi connectivity index (χ2v) is 6.85. The average molecular weight is 355 g/mol. The molecule has 0 bridgehead atoms. The van der Waals surface area contributed by atoms with E-state index in [2.05, 4.69) is 11.9 Å². The molecule has 134 valence electrons. The van der Waals surface area contributed by atoms with Gasteiger partial charge in [-0.3, -0.25) is 5.41 Å². The van der Waals surface area contributed by atoms with Gasteiger partial charge in [0.1, 0.15) is 11.6 Å². The number of aromatic nitrogens is 1. The van der Waals surface area contributed by atoms with Gasteiger partial charge in [0.25, 0.3) is 0 Å². The van der Waals surface area contributed by atoms with Gasteiger partial charge < -0.3 is 15.8 Å². The molecule has 0 aliphatic heterocycles. The Hall–Kier alpha value is -3.53. The predicted octanol–water partition coefficient (Wildman–Crippen LogP) is 5.11. The largest absolute Gasteiger partial charge is 0.507 e. The van der Waals surface area contributed by atoms with Crippen LogP contribution in [0.1, 0.15) is 16.7 Å². The van der Waals surface area contributed by atoms with E-state index in [0.717, 1.165) is 44.4 Å². The molecule has 0 amide bonds. The summed E-state index contributed by atoms with van der Waals surface area (Å²) in [6.07, 6.45) is 0. The monoisotopic (exact) mass is 355 g/mol. The summed E-state index contributed by atoms with van der Waals surface area (Å²) in [4.78, 5) is 3.39. The zero-order valence-corrected chi connectivity index (χ0v) is 15.3. The Morgan fingerprint density at radius 3 is 2.44 bits per heavy atom. The van der Waals surface area contributed by atoms with Crippen molar-refractivity contribution in [3.05, 3.63) is 77.4 Å². The minimum atomic E-state index is 0.0422. The smallest absolute Gasteiger partial charge is 0.132 e. The molecule has 27 heavy (non-hydrogen) atoms. The van der Waals surface area contributed by atoms with E-state index in [-0.39, 0.29) is 11.6 Å². The van der Waals surface area contributed by atoms with E-state index in [0.29, 0.717) is 5.56 Å². The van der Waals surface area contributed by atoms with Crippen LogP contribution in [0.25, 0.3) is 33.3 Å². The first-order valence-electron chi connectivity index (χ1n) is 8.82. The number of amidine groups is 1. The van der Waals surface area contributed by atoms with Crippen LogP contribution in [0.5, 0.6) is 5.75 Å². The second kappa shape index (κ2) is 6.32. The van der Waals surface area contributed by atoms with E-state index >= 15 is 0 Å². The zero-order chi connectivity index (χ0) is 19.1. The summed E-state index contributed by atoms with van der Waals surface area (Å²) in [6.45, 7) is 4.08. The third-order valence-corrected chi connectivity index (χ3v) is 5.11.